The second-order valence-corrected chi connectivity index (χ2v) is 7.05. The minimum Gasteiger partial charge on any atom is -0.293 e. The topological polar surface area (TPSA) is 63.2 Å². The van der Waals surface area contributed by atoms with Gasteiger partial charge in [-0.3, -0.25) is 4.79 Å². The van der Waals surface area contributed by atoms with Gasteiger partial charge in [-0.1, -0.05) is 27.7 Å². The van der Waals surface area contributed by atoms with Crippen molar-refractivity contribution in [2.24, 2.45) is 5.41 Å². The molecule has 0 heterocycles. The van der Waals surface area contributed by atoms with Gasteiger partial charge in [0.05, 0.1) is 5.56 Å². The molecule has 0 aliphatic rings. The lowest BCUT2D eigenvalue weighted by Gasteiger charge is -2.18. The molecular weight excluding hydrogens is 288 g/mol. The lowest BCUT2D eigenvalue weighted by atomic mass is 9.86. The van der Waals surface area contributed by atoms with Crippen LogP contribution in [-0.2, 0) is 10.0 Å². The molecule has 0 fully saturated rings. The Morgan fingerprint density at radius 3 is 2.25 bits per heavy atom. The molecular formula is C13H17F2NO3S. The van der Waals surface area contributed by atoms with Crippen LogP contribution < -0.4 is 4.72 Å². The van der Waals surface area contributed by atoms with Gasteiger partial charge in [-0.05, 0) is 12.1 Å². The molecule has 0 aliphatic carbocycles. The van der Waals surface area contributed by atoms with Crippen molar-refractivity contribution >= 4 is 15.8 Å². The zero-order chi connectivity index (χ0) is 15.7. The highest BCUT2D eigenvalue weighted by atomic mass is 32.2. The summed E-state index contributed by atoms with van der Waals surface area (Å²) >= 11 is 0. The van der Waals surface area contributed by atoms with Gasteiger partial charge in [0.25, 0.3) is 0 Å². The number of halogens is 2. The van der Waals surface area contributed by atoms with Gasteiger partial charge in [0.2, 0.25) is 10.0 Å². The molecule has 1 aromatic rings. The lowest BCUT2D eigenvalue weighted by molar-refractivity contribution is 0.0848. The van der Waals surface area contributed by atoms with Crippen LogP contribution in [0.3, 0.4) is 0 Å². The standard InChI is InChI=1S/C13H17F2NO3S/c1-5-16-20(18,19)9-7-6-8(14)10(11(9)15)12(17)13(2,3)4/h6-7,16H,5H2,1-4H3. The molecule has 0 aliphatic heterocycles. The predicted molar refractivity (Wildman–Crippen MR) is 71.0 cm³/mol. The van der Waals surface area contributed by atoms with E-state index in [0.29, 0.717) is 0 Å². The highest BCUT2D eigenvalue weighted by Gasteiger charge is 2.32. The van der Waals surface area contributed by atoms with Crippen LogP contribution in [0.1, 0.15) is 38.1 Å². The number of hydrogen-bond donors (Lipinski definition) is 1. The van der Waals surface area contributed by atoms with Crippen molar-refractivity contribution in [3.63, 3.8) is 0 Å². The van der Waals surface area contributed by atoms with Crippen LogP contribution >= 0.6 is 0 Å². The Hall–Kier alpha value is -1.34. The van der Waals surface area contributed by atoms with E-state index in [4.69, 9.17) is 0 Å². The molecule has 4 nitrogen and oxygen atoms in total. The fourth-order valence-electron chi connectivity index (χ4n) is 1.59. The number of benzene rings is 1. The van der Waals surface area contributed by atoms with Gasteiger partial charge in [0.1, 0.15) is 10.7 Å². The van der Waals surface area contributed by atoms with E-state index in [-0.39, 0.29) is 6.54 Å². The quantitative estimate of drug-likeness (QED) is 0.869. The molecule has 0 bridgehead atoms. The number of carbonyl (C=O) groups excluding carboxylic acids is 1. The first-order chi connectivity index (χ1) is 9.02. The van der Waals surface area contributed by atoms with Gasteiger partial charge < -0.3 is 0 Å². The van der Waals surface area contributed by atoms with Gasteiger partial charge in [-0.15, -0.1) is 0 Å². The van der Waals surface area contributed by atoms with E-state index in [0.717, 1.165) is 12.1 Å². The number of rotatable bonds is 4. The molecule has 0 radical (unpaired) electrons. The molecule has 0 spiro atoms. The fourth-order valence-corrected chi connectivity index (χ4v) is 2.71. The Kier molecular flexibility index (Phi) is 4.66. The van der Waals surface area contributed by atoms with Crippen LogP contribution in [0.4, 0.5) is 8.78 Å². The zero-order valence-electron chi connectivity index (χ0n) is 11.8. The minimum absolute atomic E-state index is 0.0572. The monoisotopic (exact) mass is 305 g/mol. The van der Waals surface area contributed by atoms with Crippen molar-refractivity contribution in [3.8, 4) is 0 Å². The van der Waals surface area contributed by atoms with Crippen molar-refractivity contribution in [1.82, 2.24) is 4.72 Å². The first-order valence-corrected chi connectivity index (χ1v) is 7.53. The van der Waals surface area contributed by atoms with Gasteiger partial charge in [-0.2, -0.15) is 0 Å². The number of carbonyl (C=O) groups is 1. The maximum atomic E-state index is 14.3. The van der Waals surface area contributed by atoms with Crippen LogP contribution in [0.25, 0.3) is 0 Å². The normalized spacial score (nSPS) is 12.5. The number of sulfonamides is 1. The molecule has 0 aromatic heterocycles. The van der Waals surface area contributed by atoms with Crippen LogP contribution in [0.5, 0.6) is 0 Å². The third-order valence-corrected chi connectivity index (χ3v) is 4.15. The maximum absolute atomic E-state index is 14.3. The summed E-state index contributed by atoms with van der Waals surface area (Å²) in [7, 11) is -4.10. The summed E-state index contributed by atoms with van der Waals surface area (Å²) in [6, 6.07) is 1.59. The Morgan fingerprint density at radius 1 is 1.25 bits per heavy atom. The van der Waals surface area contributed by atoms with Crippen molar-refractivity contribution in [1.29, 1.82) is 0 Å². The smallest absolute Gasteiger partial charge is 0.243 e. The lowest BCUT2D eigenvalue weighted by Crippen LogP contribution is -2.27. The highest BCUT2D eigenvalue weighted by Crippen LogP contribution is 2.28. The van der Waals surface area contributed by atoms with Crippen LogP contribution in [0.2, 0.25) is 0 Å². The molecule has 0 unspecified atom stereocenters. The number of hydrogen-bond acceptors (Lipinski definition) is 3. The SMILES string of the molecule is CCNS(=O)(=O)c1ccc(F)c(C(=O)C(C)(C)C)c1F. The summed E-state index contributed by atoms with van der Waals surface area (Å²) in [6.45, 7) is 6.08. The fraction of sp³-hybridized carbons (Fsp3) is 0.462. The molecule has 1 N–H and O–H groups in total. The molecule has 20 heavy (non-hydrogen) atoms. The second kappa shape index (κ2) is 5.57. The van der Waals surface area contributed by atoms with Gasteiger partial charge >= 0.3 is 0 Å². The van der Waals surface area contributed by atoms with E-state index in [9.17, 15) is 22.0 Å². The third kappa shape index (κ3) is 3.21. The molecule has 7 heteroatoms. The first-order valence-electron chi connectivity index (χ1n) is 6.05. The molecule has 0 saturated heterocycles. The second-order valence-electron chi connectivity index (χ2n) is 5.31. The molecule has 0 saturated carbocycles. The van der Waals surface area contributed by atoms with Crippen LogP contribution in [0.15, 0.2) is 17.0 Å². The molecule has 0 atom stereocenters. The Labute approximate surface area is 117 Å². The highest BCUT2D eigenvalue weighted by molar-refractivity contribution is 7.89. The molecule has 1 rings (SSSR count). The number of ketones is 1. The molecule has 1 aromatic carbocycles. The van der Waals surface area contributed by atoms with E-state index >= 15 is 0 Å². The largest absolute Gasteiger partial charge is 0.293 e. The molecule has 112 valence electrons. The minimum atomic E-state index is -4.10. The van der Waals surface area contributed by atoms with Gasteiger partial charge in [-0.25, -0.2) is 21.9 Å². The summed E-state index contributed by atoms with van der Waals surface area (Å²) in [4.78, 5) is 11.3. The number of Topliss-reactive ketones (excluding diaryl/α,β-unsaturated/α-hetero) is 1. The zero-order valence-corrected chi connectivity index (χ0v) is 12.6. The Bertz CT molecular complexity index is 634. The summed E-state index contributed by atoms with van der Waals surface area (Å²) in [5.74, 6) is -3.22. The Balaban J connectivity index is 3.54. The van der Waals surface area contributed by atoms with E-state index in [1.165, 1.54) is 27.7 Å². The van der Waals surface area contributed by atoms with Crippen molar-refractivity contribution in [2.45, 2.75) is 32.6 Å². The number of nitrogens with one attached hydrogen (secondary N) is 1. The van der Waals surface area contributed by atoms with Crippen molar-refractivity contribution < 1.29 is 22.0 Å². The summed E-state index contributed by atoms with van der Waals surface area (Å²) in [5, 5.41) is 0. The van der Waals surface area contributed by atoms with E-state index < -0.39 is 43.3 Å². The van der Waals surface area contributed by atoms with Crippen LogP contribution in [-0.4, -0.2) is 20.7 Å². The average Bonchev–Trinajstić information content (AvgIpc) is 2.26. The Morgan fingerprint density at radius 2 is 1.80 bits per heavy atom. The van der Waals surface area contributed by atoms with Crippen molar-refractivity contribution in [3.05, 3.63) is 29.3 Å². The van der Waals surface area contributed by atoms with E-state index in [1.807, 2.05) is 0 Å². The summed E-state index contributed by atoms with van der Waals surface area (Å²) in [6.07, 6.45) is 0. The molecule has 0 amide bonds. The van der Waals surface area contributed by atoms with E-state index in [2.05, 4.69) is 4.72 Å². The van der Waals surface area contributed by atoms with E-state index in [1.54, 1.807) is 0 Å². The first kappa shape index (κ1) is 16.7. The maximum Gasteiger partial charge on any atom is 0.243 e. The van der Waals surface area contributed by atoms with Crippen LogP contribution in [0, 0.1) is 17.0 Å². The summed E-state index contributed by atoms with van der Waals surface area (Å²) in [5.41, 5.74) is -1.85. The van der Waals surface area contributed by atoms with Crippen molar-refractivity contribution in [2.75, 3.05) is 6.54 Å². The third-order valence-electron chi connectivity index (χ3n) is 2.59. The van der Waals surface area contributed by atoms with Gasteiger partial charge in [0, 0.05) is 12.0 Å². The van der Waals surface area contributed by atoms with Gasteiger partial charge in [0.15, 0.2) is 11.6 Å². The average molecular weight is 305 g/mol. The predicted octanol–water partition coefficient (Wildman–Crippen LogP) is 2.49. The summed E-state index contributed by atoms with van der Waals surface area (Å²) < 4.78 is 53.7.